The molecule has 1 aromatic heterocycles. The van der Waals surface area contributed by atoms with Gasteiger partial charge in [0.15, 0.2) is 0 Å². The zero-order valence-corrected chi connectivity index (χ0v) is 11.7. The second-order valence-electron chi connectivity index (χ2n) is 5.60. The van der Waals surface area contributed by atoms with Crippen LogP contribution in [0.25, 0.3) is 10.9 Å². The van der Waals surface area contributed by atoms with Crippen LogP contribution in [-0.2, 0) is 0 Å². The highest BCUT2D eigenvalue weighted by molar-refractivity contribution is 5.78. The van der Waals surface area contributed by atoms with Crippen molar-refractivity contribution in [1.82, 2.24) is 15.1 Å². The minimum atomic E-state index is 0.491. The summed E-state index contributed by atoms with van der Waals surface area (Å²) in [6.07, 6.45) is 9.89. The third kappa shape index (κ3) is 2.52. The summed E-state index contributed by atoms with van der Waals surface area (Å²) in [6, 6.07) is 9.57. The van der Waals surface area contributed by atoms with Crippen LogP contribution >= 0.6 is 0 Å². The van der Waals surface area contributed by atoms with Crippen molar-refractivity contribution in [2.24, 2.45) is 0 Å². The van der Waals surface area contributed by atoms with Crippen molar-refractivity contribution in [2.45, 2.75) is 50.6 Å². The summed E-state index contributed by atoms with van der Waals surface area (Å²) in [5, 5.41) is 9.43. The normalized spacial score (nSPS) is 25.1. The lowest BCUT2D eigenvalue weighted by Crippen LogP contribution is -2.36. The molecule has 1 aliphatic rings. The van der Waals surface area contributed by atoms with Crippen LogP contribution in [0, 0.1) is 0 Å². The molecule has 0 saturated heterocycles. The van der Waals surface area contributed by atoms with Crippen molar-refractivity contribution in [1.29, 1.82) is 0 Å². The lowest BCUT2D eigenvalue weighted by molar-refractivity contribution is 0.283. The van der Waals surface area contributed by atoms with E-state index >= 15 is 0 Å². The Bertz CT molecular complexity index is 532. The number of hydrogen-bond acceptors (Lipinski definition) is 2. The van der Waals surface area contributed by atoms with E-state index in [2.05, 4.69) is 46.4 Å². The first-order chi connectivity index (χ1) is 9.40. The molecule has 0 spiro atoms. The summed E-state index contributed by atoms with van der Waals surface area (Å²) in [5.74, 6) is 0. The molecule has 0 bridgehead atoms. The fourth-order valence-corrected chi connectivity index (χ4v) is 3.35. The highest BCUT2D eigenvalue weighted by atomic mass is 15.3. The van der Waals surface area contributed by atoms with Crippen molar-refractivity contribution in [3.8, 4) is 0 Å². The van der Waals surface area contributed by atoms with Crippen LogP contribution < -0.4 is 5.32 Å². The molecule has 1 saturated carbocycles. The molecule has 19 heavy (non-hydrogen) atoms. The standard InChI is InChI=1S/C16H23N3/c1-17-14-9-4-2-3-5-11-16(14)19-15-10-7-6-8-13(15)12-18-19/h6-8,10,12,14,16-17H,2-5,9,11H2,1H3. The van der Waals surface area contributed by atoms with Crippen LogP contribution in [0.1, 0.15) is 44.6 Å². The third-order valence-electron chi connectivity index (χ3n) is 4.42. The summed E-state index contributed by atoms with van der Waals surface area (Å²) in [4.78, 5) is 0. The van der Waals surface area contributed by atoms with E-state index in [1.807, 2.05) is 6.20 Å². The molecular formula is C16H23N3. The largest absolute Gasteiger partial charge is 0.315 e. The topological polar surface area (TPSA) is 29.9 Å². The molecule has 1 fully saturated rings. The number of benzene rings is 1. The van der Waals surface area contributed by atoms with Crippen LogP contribution in [0.15, 0.2) is 30.5 Å². The van der Waals surface area contributed by atoms with Crippen molar-refractivity contribution in [2.75, 3.05) is 7.05 Å². The van der Waals surface area contributed by atoms with Crippen LogP contribution in [0.2, 0.25) is 0 Å². The van der Waals surface area contributed by atoms with Gasteiger partial charge in [0.05, 0.1) is 17.8 Å². The average Bonchev–Trinajstić information content (AvgIpc) is 2.83. The van der Waals surface area contributed by atoms with E-state index in [4.69, 9.17) is 0 Å². The smallest absolute Gasteiger partial charge is 0.0686 e. The molecule has 0 aliphatic heterocycles. The molecule has 2 atom stereocenters. The van der Waals surface area contributed by atoms with E-state index in [-0.39, 0.29) is 0 Å². The van der Waals surface area contributed by atoms with Gasteiger partial charge in [-0.25, -0.2) is 0 Å². The summed E-state index contributed by atoms with van der Waals surface area (Å²) in [6.45, 7) is 0. The fraction of sp³-hybridized carbons (Fsp3) is 0.562. The van der Waals surface area contributed by atoms with Gasteiger partial charge in [-0.05, 0) is 26.0 Å². The summed E-state index contributed by atoms with van der Waals surface area (Å²) < 4.78 is 2.25. The Morgan fingerprint density at radius 2 is 1.89 bits per heavy atom. The first-order valence-corrected chi connectivity index (χ1v) is 7.49. The zero-order valence-electron chi connectivity index (χ0n) is 11.7. The van der Waals surface area contributed by atoms with Gasteiger partial charge in [-0.1, -0.05) is 43.9 Å². The lowest BCUT2D eigenvalue weighted by Gasteiger charge is -2.29. The average molecular weight is 257 g/mol. The second kappa shape index (κ2) is 5.74. The van der Waals surface area contributed by atoms with Crippen LogP contribution in [0.4, 0.5) is 0 Å². The van der Waals surface area contributed by atoms with Crippen molar-refractivity contribution in [3.05, 3.63) is 30.5 Å². The molecule has 3 heteroatoms. The Labute approximate surface area is 115 Å². The summed E-state index contributed by atoms with van der Waals surface area (Å²) in [7, 11) is 2.09. The van der Waals surface area contributed by atoms with E-state index < -0.39 is 0 Å². The Morgan fingerprint density at radius 1 is 1.11 bits per heavy atom. The van der Waals surface area contributed by atoms with Gasteiger partial charge in [0.1, 0.15) is 0 Å². The zero-order chi connectivity index (χ0) is 13.1. The molecule has 1 aliphatic carbocycles. The Balaban J connectivity index is 1.96. The molecule has 3 nitrogen and oxygen atoms in total. The number of para-hydroxylation sites is 1. The monoisotopic (exact) mass is 257 g/mol. The first kappa shape index (κ1) is 12.7. The molecule has 0 radical (unpaired) electrons. The van der Waals surface area contributed by atoms with E-state index in [0.29, 0.717) is 12.1 Å². The van der Waals surface area contributed by atoms with Crippen LogP contribution in [0.3, 0.4) is 0 Å². The minimum Gasteiger partial charge on any atom is -0.315 e. The number of fused-ring (bicyclic) bond motifs is 1. The van der Waals surface area contributed by atoms with Crippen molar-refractivity contribution >= 4 is 10.9 Å². The number of aromatic nitrogens is 2. The number of hydrogen-bond donors (Lipinski definition) is 1. The van der Waals surface area contributed by atoms with Gasteiger partial charge in [-0.15, -0.1) is 0 Å². The number of rotatable bonds is 2. The Kier molecular flexibility index (Phi) is 3.83. The SMILES string of the molecule is CNC1CCCCCCC1n1ncc2ccccc21. The maximum atomic E-state index is 4.67. The van der Waals surface area contributed by atoms with Crippen molar-refractivity contribution < 1.29 is 0 Å². The van der Waals surface area contributed by atoms with Gasteiger partial charge in [0.2, 0.25) is 0 Å². The van der Waals surface area contributed by atoms with E-state index in [0.717, 1.165) is 0 Å². The molecule has 1 heterocycles. The van der Waals surface area contributed by atoms with E-state index in [9.17, 15) is 0 Å². The lowest BCUT2D eigenvalue weighted by atomic mass is 9.92. The molecule has 2 unspecified atom stereocenters. The quantitative estimate of drug-likeness (QED) is 0.892. The van der Waals surface area contributed by atoms with Gasteiger partial charge in [-0.3, -0.25) is 4.68 Å². The van der Waals surface area contributed by atoms with Gasteiger partial charge >= 0.3 is 0 Å². The highest BCUT2D eigenvalue weighted by Crippen LogP contribution is 2.29. The maximum absolute atomic E-state index is 4.67. The van der Waals surface area contributed by atoms with Gasteiger partial charge < -0.3 is 5.32 Å². The molecule has 3 rings (SSSR count). The minimum absolute atomic E-state index is 0.491. The molecule has 0 amide bonds. The highest BCUT2D eigenvalue weighted by Gasteiger charge is 2.24. The van der Waals surface area contributed by atoms with E-state index in [1.165, 1.54) is 49.4 Å². The predicted octanol–water partition coefficient (Wildman–Crippen LogP) is 3.52. The third-order valence-corrected chi connectivity index (χ3v) is 4.42. The molecule has 2 aromatic rings. The van der Waals surface area contributed by atoms with Crippen LogP contribution in [-0.4, -0.2) is 22.9 Å². The number of nitrogens with one attached hydrogen (secondary N) is 1. The molecule has 1 N–H and O–H groups in total. The number of nitrogens with zero attached hydrogens (tertiary/aromatic N) is 2. The maximum Gasteiger partial charge on any atom is 0.0686 e. The summed E-state index contributed by atoms with van der Waals surface area (Å²) in [5.41, 5.74) is 1.27. The fourth-order valence-electron chi connectivity index (χ4n) is 3.35. The molecular weight excluding hydrogens is 234 g/mol. The predicted molar refractivity (Wildman–Crippen MR) is 79.3 cm³/mol. The number of likely N-dealkylation sites (N-methyl/N-ethyl adjacent to an activating group) is 1. The molecule has 102 valence electrons. The second-order valence-corrected chi connectivity index (χ2v) is 5.60. The van der Waals surface area contributed by atoms with Gasteiger partial charge in [0.25, 0.3) is 0 Å². The Hall–Kier alpha value is -1.35. The van der Waals surface area contributed by atoms with Gasteiger partial charge in [-0.2, -0.15) is 5.10 Å². The van der Waals surface area contributed by atoms with E-state index in [1.54, 1.807) is 0 Å². The van der Waals surface area contributed by atoms with Crippen molar-refractivity contribution in [3.63, 3.8) is 0 Å². The molecule has 1 aromatic carbocycles. The van der Waals surface area contributed by atoms with Gasteiger partial charge in [0, 0.05) is 11.4 Å². The summed E-state index contributed by atoms with van der Waals surface area (Å²) >= 11 is 0. The first-order valence-electron chi connectivity index (χ1n) is 7.49. The van der Waals surface area contributed by atoms with Crippen LogP contribution in [0.5, 0.6) is 0 Å². The Morgan fingerprint density at radius 3 is 2.74 bits per heavy atom.